The number of nitrogens with one attached hydrogen (secondary N) is 1. The van der Waals surface area contributed by atoms with Crippen LogP contribution in [0.25, 0.3) is 0 Å². The number of phenols is 1. The predicted molar refractivity (Wildman–Crippen MR) is 141 cm³/mol. The molecule has 0 saturated carbocycles. The van der Waals surface area contributed by atoms with Gasteiger partial charge in [-0.05, 0) is 36.2 Å². The van der Waals surface area contributed by atoms with Crippen LogP contribution in [0.15, 0.2) is 53.5 Å². The van der Waals surface area contributed by atoms with Crippen molar-refractivity contribution in [1.82, 2.24) is 0 Å². The molecule has 180 valence electrons. The zero-order valence-electron chi connectivity index (χ0n) is 20.4. The van der Waals surface area contributed by atoms with Crippen LogP contribution in [0.3, 0.4) is 0 Å². The van der Waals surface area contributed by atoms with Crippen LogP contribution >= 0.6 is 0 Å². The highest BCUT2D eigenvalue weighted by atomic mass is 16.3. The molecule has 0 bridgehead atoms. The summed E-state index contributed by atoms with van der Waals surface area (Å²) < 4.78 is 0. The van der Waals surface area contributed by atoms with Gasteiger partial charge in [-0.3, -0.25) is 9.79 Å². The molecule has 0 radical (unpaired) electrons. The van der Waals surface area contributed by atoms with E-state index in [2.05, 4.69) is 17.2 Å². The molecule has 2 N–H and O–H groups in total. The maximum absolute atomic E-state index is 12.3. The zero-order chi connectivity index (χ0) is 23.6. The van der Waals surface area contributed by atoms with Gasteiger partial charge in [-0.25, -0.2) is 0 Å². The maximum Gasteiger partial charge on any atom is 0.255 e. The Morgan fingerprint density at radius 2 is 1.39 bits per heavy atom. The summed E-state index contributed by atoms with van der Waals surface area (Å²) in [5.74, 6) is -0.0704. The monoisotopic (exact) mass is 450 g/mol. The standard InChI is InChI=1S/C29H42N2O2/c1-2-3-4-5-6-7-8-9-10-11-12-13-14-22-30-24-25-18-20-26(21-19-25)29(33)31-27-16-15-17-28(32)23-27/h15-21,23-24,32H,2-14,22H2,1H3,(H,31,33). The number of benzene rings is 2. The van der Waals surface area contributed by atoms with E-state index in [1.807, 2.05) is 18.3 Å². The molecular weight excluding hydrogens is 408 g/mol. The van der Waals surface area contributed by atoms with Crippen LogP contribution in [0, 0.1) is 0 Å². The first kappa shape index (κ1) is 26.6. The Hall–Kier alpha value is -2.62. The number of carbonyl (C=O) groups excluding carboxylic acids is 1. The summed E-state index contributed by atoms with van der Waals surface area (Å²) >= 11 is 0. The lowest BCUT2D eigenvalue weighted by atomic mass is 10.0. The Morgan fingerprint density at radius 1 is 0.818 bits per heavy atom. The number of aliphatic imine (C=N–C) groups is 1. The topological polar surface area (TPSA) is 61.7 Å². The summed E-state index contributed by atoms with van der Waals surface area (Å²) in [6.45, 7) is 3.13. The van der Waals surface area contributed by atoms with Crippen LogP contribution in [0.4, 0.5) is 5.69 Å². The fraction of sp³-hybridized carbons (Fsp3) is 0.517. The third-order valence-corrected chi connectivity index (χ3v) is 5.91. The van der Waals surface area contributed by atoms with Gasteiger partial charge in [0.05, 0.1) is 0 Å². The van der Waals surface area contributed by atoms with E-state index in [-0.39, 0.29) is 11.7 Å². The summed E-state index contributed by atoms with van der Waals surface area (Å²) in [6.07, 6.45) is 19.5. The highest BCUT2D eigenvalue weighted by molar-refractivity contribution is 6.04. The van der Waals surface area contributed by atoms with E-state index >= 15 is 0 Å². The van der Waals surface area contributed by atoms with Gasteiger partial charge in [0, 0.05) is 30.1 Å². The SMILES string of the molecule is CCCCCCCCCCCCCCCN=Cc1ccc(C(=O)Nc2cccc(O)c2)cc1. The predicted octanol–water partition coefficient (Wildman–Crippen LogP) is 8.15. The average Bonchev–Trinajstić information content (AvgIpc) is 2.82. The highest BCUT2D eigenvalue weighted by Gasteiger charge is 2.06. The number of carbonyl (C=O) groups is 1. The summed E-state index contributed by atoms with van der Waals surface area (Å²) in [5.41, 5.74) is 2.15. The molecule has 0 fully saturated rings. The molecule has 4 nitrogen and oxygen atoms in total. The molecule has 0 aromatic heterocycles. The molecule has 0 spiro atoms. The van der Waals surface area contributed by atoms with Crippen molar-refractivity contribution in [2.45, 2.75) is 90.4 Å². The Kier molecular flexibility index (Phi) is 13.7. The molecule has 1 amide bonds. The van der Waals surface area contributed by atoms with Crippen molar-refractivity contribution in [3.05, 3.63) is 59.7 Å². The van der Waals surface area contributed by atoms with E-state index in [1.54, 1.807) is 30.3 Å². The Bertz CT molecular complexity index is 815. The van der Waals surface area contributed by atoms with E-state index in [4.69, 9.17) is 0 Å². The molecule has 0 aliphatic heterocycles. The fourth-order valence-corrected chi connectivity index (χ4v) is 3.90. The van der Waals surface area contributed by atoms with Gasteiger partial charge >= 0.3 is 0 Å². The maximum atomic E-state index is 12.3. The first-order chi connectivity index (χ1) is 16.2. The first-order valence-electron chi connectivity index (χ1n) is 12.9. The average molecular weight is 451 g/mol. The van der Waals surface area contributed by atoms with Gasteiger partial charge in [-0.1, -0.05) is 102 Å². The van der Waals surface area contributed by atoms with Crippen molar-refractivity contribution in [2.24, 2.45) is 4.99 Å². The number of rotatable bonds is 17. The van der Waals surface area contributed by atoms with E-state index < -0.39 is 0 Å². The van der Waals surface area contributed by atoms with Crippen LogP contribution in [0.5, 0.6) is 5.75 Å². The molecule has 0 heterocycles. The van der Waals surface area contributed by atoms with Gasteiger partial charge in [-0.15, -0.1) is 0 Å². The number of nitrogens with zero attached hydrogens (tertiary/aromatic N) is 1. The number of aromatic hydroxyl groups is 1. The third-order valence-electron chi connectivity index (χ3n) is 5.91. The lowest BCUT2D eigenvalue weighted by molar-refractivity contribution is 0.102. The van der Waals surface area contributed by atoms with Gasteiger partial charge in [-0.2, -0.15) is 0 Å². The van der Waals surface area contributed by atoms with Gasteiger partial charge in [0.15, 0.2) is 0 Å². The molecular formula is C29H42N2O2. The smallest absolute Gasteiger partial charge is 0.255 e. The van der Waals surface area contributed by atoms with Crippen molar-refractivity contribution in [2.75, 3.05) is 11.9 Å². The summed E-state index contributed by atoms with van der Waals surface area (Å²) in [7, 11) is 0. The molecule has 33 heavy (non-hydrogen) atoms. The van der Waals surface area contributed by atoms with Crippen LogP contribution in [0.2, 0.25) is 0 Å². The van der Waals surface area contributed by atoms with Crippen LogP contribution in [0.1, 0.15) is 106 Å². The Balaban J connectivity index is 1.50. The molecule has 0 aliphatic rings. The van der Waals surface area contributed by atoms with E-state index in [9.17, 15) is 9.90 Å². The zero-order valence-corrected chi connectivity index (χ0v) is 20.4. The number of anilines is 1. The second-order valence-electron chi connectivity index (χ2n) is 8.90. The number of amides is 1. The third kappa shape index (κ3) is 12.3. The van der Waals surface area contributed by atoms with E-state index in [0.717, 1.165) is 18.5 Å². The van der Waals surface area contributed by atoms with Gasteiger partial charge in [0.2, 0.25) is 0 Å². The quantitative estimate of drug-likeness (QED) is 0.189. The van der Waals surface area contributed by atoms with E-state index in [1.165, 1.54) is 83.1 Å². The number of phenolic OH excluding ortho intramolecular Hbond substituents is 1. The number of hydrogen-bond donors (Lipinski definition) is 2. The van der Waals surface area contributed by atoms with Gasteiger partial charge in [0.1, 0.15) is 5.75 Å². The summed E-state index contributed by atoms with van der Waals surface area (Å²) in [4.78, 5) is 16.8. The molecule has 2 aromatic carbocycles. The van der Waals surface area contributed by atoms with Crippen LogP contribution < -0.4 is 5.32 Å². The van der Waals surface area contributed by atoms with Gasteiger partial charge in [0.25, 0.3) is 5.91 Å². The Morgan fingerprint density at radius 3 is 1.97 bits per heavy atom. The lowest BCUT2D eigenvalue weighted by Gasteiger charge is -2.06. The van der Waals surface area contributed by atoms with Crippen molar-refractivity contribution in [3.63, 3.8) is 0 Å². The van der Waals surface area contributed by atoms with Crippen molar-refractivity contribution < 1.29 is 9.90 Å². The van der Waals surface area contributed by atoms with Crippen molar-refractivity contribution in [3.8, 4) is 5.75 Å². The molecule has 0 saturated heterocycles. The van der Waals surface area contributed by atoms with Crippen molar-refractivity contribution in [1.29, 1.82) is 0 Å². The molecule has 0 unspecified atom stereocenters. The largest absolute Gasteiger partial charge is 0.508 e. The molecule has 0 atom stereocenters. The molecule has 4 heteroatoms. The second kappa shape index (κ2) is 16.9. The summed E-state index contributed by atoms with van der Waals surface area (Å²) in [5, 5.41) is 12.3. The number of unbranched alkanes of at least 4 members (excludes halogenated alkanes) is 12. The minimum absolute atomic E-state index is 0.128. The fourth-order valence-electron chi connectivity index (χ4n) is 3.90. The summed E-state index contributed by atoms with van der Waals surface area (Å²) in [6, 6.07) is 13.9. The van der Waals surface area contributed by atoms with Crippen LogP contribution in [-0.2, 0) is 0 Å². The molecule has 0 aliphatic carbocycles. The lowest BCUT2D eigenvalue weighted by Crippen LogP contribution is -2.11. The first-order valence-corrected chi connectivity index (χ1v) is 12.9. The minimum atomic E-state index is -0.198. The van der Waals surface area contributed by atoms with E-state index in [0.29, 0.717) is 11.3 Å². The minimum Gasteiger partial charge on any atom is -0.508 e. The molecule has 2 rings (SSSR count). The van der Waals surface area contributed by atoms with Crippen molar-refractivity contribution >= 4 is 17.8 Å². The normalized spacial score (nSPS) is 11.2. The number of hydrogen-bond acceptors (Lipinski definition) is 3. The van der Waals surface area contributed by atoms with Gasteiger partial charge < -0.3 is 10.4 Å². The Labute approximate surface area is 200 Å². The molecule has 2 aromatic rings. The highest BCUT2D eigenvalue weighted by Crippen LogP contribution is 2.16. The van der Waals surface area contributed by atoms with Crippen LogP contribution in [-0.4, -0.2) is 23.8 Å². The second-order valence-corrected chi connectivity index (χ2v) is 8.90.